The van der Waals surface area contributed by atoms with Crippen molar-refractivity contribution in [1.29, 1.82) is 0 Å². The maximum Gasteiger partial charge on any atom is 0.390 e. The van der Waals surface area contributed by atoms with Gasteiger partial charge in [-0.1, -0.05) is 24.3 Å². The van der Waals surface area contributed by atoms with Gasteiger partial charge in [-0.05, 0) is 24.5 Å². The Morgan fingerprint density at radius 2 is 2.00 bits per heavy atom. The van der Waals surface area contributed by atoms with Crippen LogP contribution < -0.4 is 5.32 Å². The van der Waals surface area contributed by atoms with Gasteiger partial charge in [0.05, 0.1) is 6.42 Å². The molecule has 2 amide bonds. The first-order valence-electron chi connectivity index (χ1n) is 8.13. The Hall–Kier alpha value is -1.76. The maximum absolute atomic E-state index is 12.2. The molecule has 1 aliphatic rings. The molecular formula is C17H24F3N3O. The topological polar surface area (TPSA) is 35.6 Å². The number of carbonyl (C=O) groups is 1. The van der Waals surface area contributed by atoms with Crippen LogP contribution >= 0.6 is 0 Å². The van der Waals surface area contributed by atoms with E-state index in [4.69, 9.17) is 0 Å². The SMILES string of the molecule is CC(CNC(=O)N(C)CCC(F)(F)F)N1CCc2ccccc2C1. The summed E-state index contributed by atoms with van der Waals surface area (Å²) in [7, 11) is 1.38. The third-order valence-electron chi connectivity index (χ3n) is 4.41. The number of fused-ring (bicyclic) bond motifs is 1. The average Bonchev–Trinajstić information content (AvgIpc) is 2.56. The molecule has 0 saturated carbocycles. The zero-order chi connectivity index (χ0) is 17.7. The monoisotopic (exact) mass is 343 g/mol. The first-order chi connectivity index (χ1) is 11.3. The van der Waals surface area contributed by atoms with E-state index >= 15 is 0 Å². The Bertz CT molecular complexity index is 562. The van der Waals surface area contributed by atoms with Crippen LogP contribution in [0.1, 0.15) is 24.5 Å². The quantitative estimate of drug-likeness (QED) is 0.892. The van der Waals surface area contributed by atoms with E-state index in [1.165, 1.54) is 18.2 Å². The number of rotatable bonds is 5. The highest BCUT2D eigenvalue weighted by molar-refractivity contribution is 5.73. The predicted molar refractivity (Wildman–Crippen MR) is 86.7 cm³/mol. The summed E-state index contributed by atoms with van der Waals surface area (Å²) in [5.41, 5.74) is 2.65. The summed E-state index contributed by atoms with van der Waals surface area (Å²) < 4.78 is 36.6. The van der Waals surface area contributed by atoms with Crippen molar-refractivity contribution in [3.8, 4) is 0 Å². The van der Waals surface area contributed by atoms with E-state index in [2.05, 4.69) is 22.3 Å². The molecule has 1 atom stereocenters. The zero-order valence-corrected chi connectivity index (χ0v) is 14.1. The van der Waals surface area contributed by atoms with Gasteiger partial charge in [-0.25, -0.2) is 4.79 Å². The highest BCUT2D eigenvalue weighted by atomic mass is 19.4. The summed E-state index contributed by atoms with van der Waals surface area (Å²) in [6.45, 7) is 3.84. The molecule has 0 bridgehead atoms. The number of nitrogens with one attached hydrogen (secondary N) is 1. The predicted octanol–water partition coefficient (Wildman–Crippen LogP) is 3.03. The fourth-order valence-corrected chi connectivity index (χ4v) is 2.79. The molecule has 0 aliphatic carbocycles. The summed E-state index contributed by atoms with van der Waals surface area (Å²) in [4.78, 5) is 15.2. The second-order valence-electron chi connectivity index (χ2n) is 6.31. The van der Waals surface area contributed by atoms with Gasteiger partial charge < -0.3 is 10.2 Å². The smallest absolute Gasteiger partial charge is 0.336 e. The lowest BCUT2D eigenvalue weighted by atomic mass is 9.99. The molecule has 0 spiro atoms. The number of nitrogens with zero attached hydrogens (tertiary/aromatic N) is 2. The van der Waals surface area contributed by atoms with Gasteiger partial charge >= 0.3 is 12.2 Å². The molecule has 2 rings (SSSR count). The first kappa shape index (κ1) is 18.6. The van der Waals surface area contributed by atoms with Crippen LogP contribution in [0.15, 0.2) is 24.3 Å². The van der Waals surface area contributed by atoms with Crippen LogP contribution in [0.5, 0.6) is 0 Å². The molecule has 4 nitrogen and oxygen atoms in total. The number of urea groups is 1. The van der Waals surface area contributed by atoms with Crippen molar-refractivity contribution in [3.05, 3.63) is 35.4 Å². The lowest BCUT2D eigenvalue weighted by Gasteiger charge is -2.34. The molecule has 0 saturated heterocycles. The normalized spacial score (nSPS) is 16.4. The minimum absolute atomic E-state index is 0.123. The molecule has 1 aromatic carbocycles. The summed E-state index contributed by atoms with van der Waals surface area (Å²) >= 11 is 0. The van der Waals surface area contributed by atoms with E-state index in [9.17, 15) is 18.0 Å². The minimum Gasteiger partial charge on any atom is -0.336 e. The van der Waals surface area contributed by atoms with Crippen molar-refractivity contribution in [3.63, 3.8) is 0 Å². The third-order valence-corrected chi connectivity index (χ3v) is 4.41. The van der Waals surface area contributed by atoms with Crippen LogP contribution in [0.2, 0.25) is 0 Å². The summed E-state index contributed by atoms with van der Waals surface area (Å²) in [6.07, 6.45) is -4.27. The molecule has 0 aromatic heterocycles. The Balaban J connectivity index is 1.77. The lowest BCUT2D eigenvalue weighted by Crippen LogP contribution is -2.47. The van der Waals surface area contributed by atoms with Crippen molar-refractivity contribution in [2.45, 2.75) is 38.5 Å². The minimum atomic E-state index is -4.25. The second kappa shape index (κ2) is 7.88. The Morgan fingerprint density at radius 1 is 1.33 bits per heavy atom. The average molecular weight is 343 g/mol. The Labute approximate surface area is 140 Å². The fourth-order valence-electron chi connectivity index (χ4n) is 2.79. The number of carbonyl (C=O) groups excluding carboxylic acids is 1. The summed E-state index contributed by atoms with van der Waals surface area (Å²) in [5, 5.41) is 2.72. The van der Waals surface area contributed by atoms with Gasteiger partial charge in [-0.2, -0.15) is 13.2 Å². The number of hydrogen-bond donors (Lipinski definition) is 1. The molecule has 1 aromatic rings. The van der Waals surface area contributed by atoms with Crippen LogP contribution in [0.3, 0.4) is 0 Å². The Kier molecular flexibility index (Phi) is 6.10. The molecule has 1 aliphatic heterocycles. The van der Waals surface area contributed by atoms with Crippen molar-refractivity contribution in [2.75, 3.05) is 26.7 Å². The summed E-state index contributed by atoms with van der Waals surface area (Å²) in [5.74, 6) is 0. The molecule has 7 heteroatoms. The van der Waals surface area contributed by atoms with Crippen LogP contribution in [0.4, 0.5) is 18.0 Å². The molecule has 1 heterocycles. The number of benzene rings is 1. The number of hydrogen-bond acceptors (Lipinski definition) is 2. The molecular weight excluding hydrogens is 319 g/mol. The van der Waals surface area contributed by atoms with Gasteiger partial charge in [0, 0.05) is 39.3 Å². The van der Waals surface area contributed by atoms with Crippen molar-refractivity contribution < 1.29 is 18.0 Å². The van der Waals surface area contributed by atoms with E-state index in [1.807, 2.05) is 19.1 Å². The molecule has 134 valence electrons. The van der Waals surface area contributed by atoms with Crippen molar-refractivity contribution in [2.24, 2.45) is 0 Å². The van der Waals surface area contributed by atoms with Crippen molar-refractivity contribution in [1.82, 2.24) is 15.1 Å². The second-order valence-corrected chi connectivity index (χ2v) is 6.31. The van der Waals surface area contributed by atoms with Crippen LogP contribution in [-0.4, -0.2) is 54.7 Å². The highest BCUT2D eigenvalue weighted by Crippen LogP contribution is 2.20. The van der Waals surface area contributed by atoms with Crippen LogP contribution in [-0.2, 0) is 13.0 Å². The molecule has 1 unspecified atom stereocenters. The summed E-state index contributed by atoms with van der Waals surface area (Å²) in [6, 6.07) is 7.95. The molecule has 0 fully saturated rings. The lowest BCUT2D eigenvalue weighted by molar-refractivity contribution is -0.136. The van der Waals surface area contributed by atoms with Gasteiger partial charge in [0.15, 0.2) is 0 Å². The fraction of sp³-hybridized carbons (Fsp3) is 0.588. The first-order valence-corrected chi connectivity index (χ1v) is 8.13. The molecule has 0 radical (unpaired) electrons. The third kappa shape index (κ3) is 5.40. The standard InChI is InChI=1S/C17H24F3N3O/c1-13(11-21-16(24)22(2)10-8-17(18,19)20)23-9-7-14-5-3-4-6-15(14)12-23/h3-6,13H,7-12H2,1-2H3,(H,21,24). The van der Waals surface area contributed by atoms with E-state index < -0.39 is 18.6 Å². The van der Waals surface area contributed by atoms with Crippen molar-refractivity contribution >= 4 is 6.03 Å². The van der Waals surface area contributed by atoms with Gasteiger partial charge in [-0.15, -0.1) is 0 Å². The van der Waals surface area contributed by atoms with E-state index in [-0.39, 0.29) is 12.6 Å². The largest absolute Gasteiger partial charge is 0.390 e. The highest BCUT2D eigenvalue weighted by Gasteiger charge is 2.28. The number of alkyl halides is 3. The van der Waals surface area contributed by atoms with E-state index in [0.717, 1.165) is 24.4 Å². The number of amides is 2. The van der Waals surface area contributed by atoms with E-state index in [1.54, 1.807) is 0 Å². The van der Waals surface area contributed by atoms with Gasteiger partial charge in [0.25, 0.3) is 0 Å². The zero-order valence-electron chi connectivity index (χ0n) is 14.1. The van der Waals surface area contributed by atoms with Crippen LogP contribution in [0, 0.1) is 0 Å². The molecule has 24 heavy (non-hydrogen) atoms. The van der Waals surface area contributed by atoms with Crippen LogP contribution in [0.25, 0.3) is 0 Å². The van der Waals surface area contributed by atoms with E-state index in [0.29, 0.717) is 6.54 Å². The molecule has 1 N–H and O–H groups in total. The van der Waals surface area contributed by atoms with Gasteiger partial charge in [0.1, 0.15) is 0 Å². The van der Waals surface area contributed by atoms with Gasteiger partial charge in [0.2, 0.25) is 0 Å². The Morgan fingerprint density at radius 3 is 2.67 bits per heavy atom. The number of halogens is 3. The maximum atomic E-state index is 12.2. The van der Waals surface area contributed by atoms with Gasteiger partial charge in [-0.3, -0.25) is 4.90 Å².